The van der Waals surface area contributed by atoms with Gasteiger partial charge in [-0.3, -0.25) is 19.3 Å². The zero-order chi connectivity index (χ0) is 36.2. The molecule has 7 nitrogen and oxygen atoms in total. The van der Waals surface area contributed by atoms with Crippen molar-refractivity contribution in [1.82, 2.24) is 25.4 Å². The van der Waals surface area contributed by atoms with Crippen molar-refractivity contribution in [3.63, 3.8) is 0 Å². The molecule has 2 aliphatic carbocycles. The van der Waals surface area contributed by atoms with Crippen molar-refractivity contribution < 1.29 is 44.7 Å². The standard InChI is InChI=1S/C36H27F8N5O2/c37-23-9-20(10-24(38)14-23)12-27(47-28(50)17-49-32-29(31(48-49)33(39)40)35(41,42)7-8-36(32,43)44)30-25(11-19(15-45-30)4-3-18-1-2-18)21-5-6-22-16-46-34(51)26(22)13-21/h5-6,9-11,13-15,18,27,33H,1-2,7-8,12,16-17H2,(H,46,51)(H,47,50)/t27-/m0/s1. The van der Waals surface area contributed by atoms with Gasteiger partial charge in [-0.2, -0.15) is 13.9 Å². The molecular weight excluding hydrogens is 686 g/mol. The van der Waals surface area contributed by atoms with Gasteiger partial charge in [-0.25, -0.2) is 26.3 Å². The first-order valence-electron chi connectivity index (χ1n) is 16.0. The average molecular weight is 714 g/mol. The highest BCUT2D eigenvalue weighted by atomic mass is 19.3. The van der Waals surface area contributed by atoms with E-state index in [1.165, 1.54) is 6.20 Å². The highest BCUT2D eigenvalue weighted by Crippen LogP contribution is 2.52. The van der Waals surface area contributed by atoms with Crippen LogP contribution >= 0.6 is 0 Å². The smallest absolute Gasteiger partial charge is 0.290 e. The van der Waals surface area contributed by atoms with Crippen molar-refractivity contribution in [2.45, 2.75) is 69.5 Å². The van der Waals surface area contributed by atoms with Crippen molar-refractivity contribution in [3.05, 3.63) is 105 Å². The number of carbonyl (C=O) groups excluding carboxylic acids is 2. The van der Waals surface area contributed by atoms with Gasteiger partial charge in [-0.1, -0.05) is 24.0 Å². The lowest BCUT2D eigenvalue weighted by atomic mass is 9.89. The summed E-state index contributed by atoms with van der Waals surface area (Å²) in [5.74, 6) is -4.92. The molecule has 2 aromatic heterocycles. The van der Waals surface area contributed by atoms with Gasteiger partial charge in [0.05, 0.1) is 17.3 Å². The fourth-order valence-electron chi connectivity index (χ4n) is 6.44. The van der Waals surface area contributed by atoms with E-state index in [9.17, 15) is 35.9 Å². The van der Waals surface area contributed by atoms with Gasteiger partial charge in [0.1, 0.15) is 29.6 Å². The van der Waals surface area contributed by atoms with E-state index in [0.717, 1.165) is 30.5 Å². The van der Waals surface area contributed by atoms with Crippen molar-refractivity contribution >= 4 is 11.8 Å². The van der Waals surface area contributed by atoms with E-state index in [0.29, 0.717) is 34.9 Å². The second kappa shape index (κ2) is 12.8. The van der Waals surface area contributed by atoms with E-state index < -0.39 is 78.2 Å². The largest absolute Gasteiger partial charge is 0.348 e. The lowest BCUT2D eigenvalue weighted by Crippen LogP contribution is -2.37. The summed E-state index contributed by atoms with van der Waals surface area (Å²) in [6.45, 7) is -0.861. The molecule has 2 amide bonds. The number of pyridine rings is 1. The van der Waals surface area contributed by atoms with Gasteiger partial charge in [0.25, 0.3) is 24.2 Å². The normalized spacial score (nSPS) is 17.6. The van der Waals surface area contributed by atoms with Crippen molar-refractivity contribution in [1.29, 1.82) is 0 Å². The fraction of sp³-hybridized carbons (Fsp3) is 0.333. The average Bonchev–Trinajstić information content (AvgIpc) is 3.70. The van der Waals surface area contributed by atoms with Gasteiger partial charge >= 0.3 is 0 Å². The van der Waals surface area contributed by atoms with Crippen LogP contribution < -0.4 is 10.6 Å². The molecule has 51 heavy (non-hydrogen) atoms. The van der Waals surface area contributed by atoms with Crippen LogP contribution in [0.2, 0.25) is 0 Å². The van der Waals surface area contributed by atoms with Crippen LogP contribution in [0.3, 0.4) is 0 Å². The molecule has 3 aliphatic rings. The molecule has 7 rings (SSSR count). The first kappa shape index (κ1) is 34.2. The summed E-state index contributed by atoms with van der Waals surface area (Å²) < 4.78 is 116. The second-order valence-corrected chi connectivity index (χ2v) is 12.8. The molecule has 1 fully saturated rings. The molecule has 0 spiro atoms. The minimum atomic E-state index is -4.04. The number of fused-ring (bicyclic) bond motifs is 2. The van der Waals surface area contributed by atoms with Crippen LogP contribution in [0.1, 0.15) is 87.8 Å². The number of aromatic nitrogens is 3. The number of halogens is 8. The number of carbonyl (C=O) groups is 2. The quantitative estimate of drug-likeness (QED) is 0.149. The van der Waals surface area contributed by atoms with E-state index in [2.05, 4.69) is 32.6 Å². The molecule has 15 heteroatoms. The molecular formula is C36H27F8N5O2. The summed E-state index contributed by atoms with van der Waals surface area (Å²) in [6.07, 6.45) is -3.39. The van der Waals surface area contributed by atoms with E-state index in [1.807, 2.05) is 0 Å². The minimum Gasteiger partial charge on any atom is -0.348 e. The molecule has 4 aromatic rings. The number of benzene rings is 2. The van der Waals surface area contributed by atoms with Crippen molar-refractivity contribution in [2.75, 3.05) is 0 Å². The monoisotopic (exact) mass is 713 g/mol. The molecule has 0 bridgehead atoms. The Morgan fingerprint density at radius 1 is 0.980 bits per heavy atom. The number of rotatable bonds is 8. The fourth-order valence-corrected chi connectivity index (χ4v) is 6.44. The van der Waals surface area contributed by atoms with Gasteiger partial charge in [0.2, 0.25) is 5.91 Å². The molecule has 0 radical (unpaired) electrons. The van der Waals surface area contributed by atoms with Crippen LogP contribution in [-0.4, -0.2) is 26.6 Å². The maximum atomic E-state index is 15.0. The number of nitrogens with one attached hydrogen (secondary N) is 2. The Morgan fingerprint density at radius 3 is 2.41 bits per heavy atom. The Hall–Kier alpha value is -5.26. The third kappa shape index (κ3) is 6.91. The Bertz CT molecular complexity index is 2110. The SMILES string of the molecule is O=C(Cn1nc(C(F)F)c2c1C(F)(F)CCC2(F)F)N[C@@H](Cc1cc(F)cc(F)c1)c1ncc(C#CC2CC2)cc1-c1ccc2c(c1)C(=O)NC2. The van der Waals surface area contributed by atoms with E-state index in [4.69, 9.17) is 0 Å². The summed E-state index contributed by atoms with van der Waals surface area (Å²) in [5, 5.41) is 8.64. The van der Waals surface area contributed by atoms with Crippen LogP contribution in [-0.2, 0) is 36.1 Å². The second-order valence-electron chi connectivity index (χ2n) is 12.8. The number of nitrogens with zero attached hydrogens (tertiary/aromatic N) is 3. The number of hydrogen-bond donors (Lipinski definition) is 2. The zero-order valence-corrected chi connectivity index (χ0v) is 26.5. The van der Waals surface area contributed by atoms with Gasteiger partial charge in [-0.15, -0.1) is 0 Å². The van der Waals surface area contributed by atoms with Crippen molar-refractivity contribution in [3.8, 4) is 23.0 Å². The molecule has 1 atom stereocenters. The first-order valence-corrected chi connectivity index (χ1v) is 16.0. The summed E-state index contributed by atoms with van der Waals surface area (Å²) in [4.78, 5) is 30.7. The number of hydrogen-bond acceptors (Lipinski definition) is 4. The maximum Gasteiger partial charge on any atom is 0.290 e. The summed E-state index contributed by atoms with van der Waals surface area (Å²) in [7, 11) is 0. The molecule has 2 N–H and O–H groups in total. The van der Waals surface area contributed by atoms with Crippen LogP contribution in [0, 0.1) is 29.4 Å². The molecule has 1 saturated carbocycles. The van der Waals surface area contributed by atoms with E-state index in [-0.39, 0.29) is 34.2 Å². The molecule has 0 unspecified atom stereocenters. The van der Waals surface area contributed by atoms with Crippen LogP contribution in [0.25, 0.3) is 11.1 Å². The Balaban J connectivity index is 1.31. The van der Waals surface area contributed by atoms with Crippen molar-refractivity contribution in [2.24, 2.45) is 5.92 Å². The van der Waals surface area contributed by atoms with Gasteiger partial charge in [0.15, 0.2) is 0 Å². The number of amides is 2. The van der Waals surface area contributed by atoms with Crippen LogP contribution in [0.4, 0.5) is 35.1 Å². The highest BCUT2D eigenvalue weighted by Gasteiger charge is 2.55. The Kier molecular flexibility index (Phi) is 8.59. The molecule has 2 aromatic carbocycles. The third-order valence-electron chi connectivity index (χ3n) is 8.99. The van der Waals surface area contributed by atoms with E-state index in [1.54, 1.807) is 24.3 Å². The minimum absolute atomic E-state index is 0.0547. The van der Waals surface area contributed by atoms with Gasteiger partial charge in [0, 0.05) is 54.3 Å². The first-order chi connectivity index (χ1) is 24.2. The molecule has 1 aliphatic heterocycles. The molecule has 3 heterocycles. The lowest BCUT2D eigenvalue weighted by molar-refractivity contribution is -0.123. The topological polar surface area (TPSA) is 88.9 Å². The Labute approximate surface area is 285 Å². The van der Waals surface area contributed by atoms with Gasteiger partial charge in [-0.05, 0) is 60.2 Å². The van der Waals surface area contributed by atoms with Crippen LogP contribution in [0.5, 0.6) is 0 Å². The molecule has 264 valence electrons. The lowest BCUT2D eigenvalue weighted by Gasteiger charge is -2.29. The summed E-state index contributed by atoms with van der Waals surface area (Å²) in [6, 6.07) is 8.12. The third-order valence-corrected chi connectivity index (χ3v) is 8.99. The maximum absolute atomic E-state index is 15.0. The summed E-state index contributed by atoms with van der Waals surface area (Å²) in [5.41, 5.74) is -2.03. The zero-order valence-electron chi connectivity index (χ0n) is 26.5. The van der Waals surface area contributed by atoms with Crippen LogP contribution in [0.15, 0.2) is 48.7 Å². The Morgan fingerprint density at radius 2 is 1.71 bits per heavy atom. The van der Waals surface area contributed by atoms with E-state index >= 15 is 8.78 Å². The van der Waals surface area contributed by atoms with Gasteiger partial charge < -0.3 is 10.6 Å². The predicted molar refractivity (Wildman–Crippen MR) is 166 cm³/mol. The highest BCUT2D eigenvalue weighted by molar-refractivity contribution is 5.99. The summed E-state index contributed by atoms with van der Waals surface area (Å²) >= 11 is 0. The molecule has 0 saturated heterocycles. The number of alkyl halides is 6. The predicted octanol–water partition coefficient (Wildman–Crippen LogP) is 7.24.